The molecule has 0 saturated carbocycles. The van der Waals surface area contributed by atoms with E-state index < -0.39 is 22.8 Å². The molecule has 8 heteroatoms. The van der Waals surface area contributed by atoms with Crippen molar-refractivity contribution in [3.05, 3.63) is 74.8 Å². The van der Waals surface area contributed by atoms with Gasteiger partial charge in [-0.25, -0.2) is 0 Å². The van der Waals surface area contributed by atoms with E-state index in [4.69, 9.17) is 11.6 Å². The second-order valence-electron chi connectivity index (χ2n) is 5.37. The third kappa shape index (κ3) is 5.58. The minimum Gasteiger partial charge on any atom is -0.548 e. The van der Waals surface area contributed by atoms with E-state index in [1.165, 1.54) is 24.3 Å². The predicted octanol–water partition coefficient (Wildman–Crippen LogP) is 1.27. The van der Waals surface area contributed by atoms with Crippen LogP contribution in [0.3, 0.4) is 0 Å². The van der Waals surface area contributed by atoms with Crippen molar-refractivity contribution in [2.24, 2.45) is 0 Å². The molecular formula is C17H14ClN2O5-. The summed E-state index contributed by atoms with van der Waals surface area (Å²) in [4.78, 5) is 33.3. The zero-order chi connectivity index (χ0) is 18.4. The molecule has 0 aliphatic heterocycles. The summed E-state index contributed by atoms with van der Waals surface area (Å²) in [5, 5.41) is 24.8. The van der Waals surface area contributed by atoms with Crippen LogP contribution in [0.1, 0.15) is 11.1 Å². The molecule has 2 aromatic carbocycles. The van der Waals surface area contributed by atoms with Crippen molar-refractivity contribution in [1.82, 2.24) is 5.32 Å². The maximum absolute atomic E-state index is 12.0. The highest BCUT2D eigenvalue weighted by molar-refractivity contribution is 6.30. The Labute approximate surface area is 148 Å². The van der Waals surface area contributed by atoms with Gasteiger partial charge in [0, 0.05) is 17.2 Å². The van der Waals surface area contributed by atoms with Gasteiger partial charge in [0.1, 0.15) is 0 Å². The molecule has 1 unspecified atom stereocenters. The second-order valence-corrected chi connectivity index (χ2v) is 5.81. The number of rotatable bonds is 7. The van der Waals surface area contributed by atoms with Crippen molar-refractivity contribution in [3.63, 3.8) is 0 Å². The Bertz CT molecular complexity index is 775. The summed E-state index contributed by atoms with van der Waals surface area (Å²) in [5.74, 6) is -1.91. The molecule has 0 heterocycles. The summed E-state index contributed by atoms with van der Waals surface area (Å²) in [6.07, 6.45) is -0.0338. The van der Waals surface area contributed by atoms with Crippen molar-refractivity contribution in [2.45, 2.75) is 18.9 Å². The van der Waals surface area contributed by atoms with Crippen molar-refractivity contribution in [3.8, 4) is 0 Å². The molecule has 0 saturated heterocycles. The number of nitro benzene ring substituents is 1. The van der Waals surface area contributed by atoms with Gasteiger partial charge < -0.3 is 15.2 Å². The number of carbonyl (C=O) groups excluding carboxylic acids is 2. The first kappa shape index (κ1) is 18.4. The van der Waals surface area contributed by atoms with Crippen LogP contribution in [0.5, 0.6) is 0 Å². The van der Waals surface area contributed by atoms with E-state index in [0.717, 1.165) is 0 Å². The Morgan fingerprint density at radius 2 is 1.60 bits per heavy atom. The maximum Gasteiger partial charge on any atom is 0.269 e. The molecule has 0 radical (unpaired) electrons. The van der Waals surface area contributed by atoms with Gasteiger partial charge in [0.2, 0.25) is 5.91 Å². The zero-order valence-corrected chi connectivity index (χ0v) is 13.7. The summed E-state index contributed by atoms with van der Waals surface area (Å²) in [6.45, 7) is 0. The van der Waals surface area contributed by atoms with Gasteiger partial charge in [-0.05, 0) is 29.7 Å². The number of halogens is 1. The average molecular weight is 362 g/mol. The van der Waals surface area contributed by atoms with Gasteiger partial charge in [0.05, 0.1) is 23.4 Å². The highest BCUT2D eigenvalue weighted by Gasteiger charge is 2.15. The summed E-state index contributed by atoms with van der Waals surface area (Å²) < 4.78 is 0. The summed E-state index contributed by atoms with van der Waals surface area (Å²) in [6, 6.07) is 10.9. The SMILES string of the molecule is O=C(Cc1ccc([N+](=O)[O-])cc1)NC(Cc1ccc(Cl)cc1)C(=O)[O-]. The van der Waals surface area contributed by atoms with Crippen LogP contribution in [-0.4, -0.2) is 22.8 Å². The number of carboxylic acid groups (broad SMARTS) is 1. The van der Waals surface area contributed by atoms with Gasteiger partial charge in [0.15, 0.2) is 0 Å². The van der Waals surface area contributed by atoms with Crippen LogP contribution in [0.15, 0.2) is 48.5 Å². The molecule has 0 fully saturated rings. The molecule has 0 aliphatic rings. The summed E-state index contributed by atoms with van der Waals surface area (Å²) in [7, 11) is 0. The lowest BCUT2D eigenvalue weighted by molar-refractivity contribution is -0.384. The number of carboxylic acids is 1. The van der Waals surface area contributed by atoms with Crippen molar-refractivity contribution < 1.29 is 19.6 Å². The first-order valence-corrected chi connectivity index (χ1v) is 7.71. The van der Waals surface area contributed by atoms with E-state index in [-0.39, 0.29) is 18.5 Å². The predicted molar refractivity (Wildman–Crippen MR) is 88.9 cm³/mol. The Morgan fingerprint density at radius 1 is 1.04 bits per heavy atom. The highest BCUT2D eigenvalue weighted by atomic mass is 35.5. The van der Waals surface area contributed by atoms with Gasteiger partial charge in [-0.2, -0.15) is 0 Å². The highest BCUT2D eigenvalue weighted by Crippen LogP contribution is 2.13. The number of non-ortho nitro benzene ring substituents is 1. The lowest BCUT2D eigenvalue weighted by Crippen LogP contribution is -2.49. The lowest BCUT2D eigenvalue weighted by Gasteiger charge is -2.20. The van der Waals surface area contributed by atoms with Crippen LogP contribution in [-0.2, 0) is 22.4 Å². The number of hydrogen-bond acceptors (Lipinski definition) is 5. The number of hydrogen-bond donors (Lipinski definition) is 1. The lowest BCUT2D eigenvalue weighted by atomic mass is 10.1. The van der Waals surface area contributed by atoms with E-state index in [0.29, 0.717) is 16.1 Å². The molecule has 25 heavy (non-hydrogen) atoms. The molecule has 1 atom stereocenters. The van der Waals surface area contributed by atoms with E-state index in [1.54, 1.807) is 24.3 Å². The molecule has 0 aliphatic carbocycles. The van der Waals surface area contributed by atoms with Gasteiger partial charge in [-0.1, -0.05) is 35.9 Å². The fourth-order valence-corrected chi connectivity index (χ4v) is 2.34. The monoisotopic (exact) mass is 361 g/mol. The number of nitro groups is 1. The standard InChI is InChI=1S/C17H15ClN2O5/c18-13-5-1-11(2-6-13)9-15(17(22)23)19-16(21)10-12-3-7-14(8-4-12)20(24)25/h1-8,15H,9-10H2,(H,19,21)(H,22,23)/p-1. The third-order valence-electron chi connectivity index (χ3n) is 3.48. The first-order valence-electron chi connectivity index (χ1n) is 7.33. The number of nitrogens with zero attached hydrogens (tertiary/aromatic N) is 1. The molecule has 7 nitrogen and oxygen atoms in total. The Balaban J connectivity index is 1.98. The number of aliphatic carboxylic acids is 1. The number of nitrogens with one attached hydrogen (secondary N) is 1. The maximum atomic E-state index is 12.0. The molecule has 0 bridgehead atoms. The normalized spacial score (nSPS) is 11.6. The summed E-state index contributed by atoms with van der Waals surface area (Å²) >= 11 is 5.78. The molecule has 2 aromatic rings. The quantitative estimate of drug-likeness (QED) is 0.589. The van der Waals surface area contributed by atoms with Crippen LogP contribution in [0.4, 0.5) is 5.69 Å². The second kappa shape index (κ2) is 8.25. The summed E-state index contributed by atoms with van der Waals surface area (Å²) in [5.41, 5.74) is 1.14. The minimum atomic E-state index is -1.40. The Kier molecular flexibility index (Phi) is 6.08. The average Bonchev–Trinajstić information content (AvgIpc) is 2.56. The van der Waals surface area contributed by atoms with Crippen LogP contribution in [0.2, 0.25) is 5.02 Å². The van der Waals surface area contributed by atoms with Crippen molar-refractivity contribution in [2.75, 3.05) is 0 Å². The topological polar surface area (TPSA) is 112 Å². The molecule has 0 aromatic heterocycles. The van der Waals surface area contributed by atoms with Gasteiger partial charge in [0.25, 0.3) is 5.69 Å². The van der Waals surface area contributed by atoms with Crippen LogP contribution in [0.25, 0.3) is 0 Å². The molecule has 0 spiro atoms. The molecule has 1 N–H and O–H groups in total. The van der Waals surface area contributed by atoms with Gasteiger partial charge in [-0.15, -0.1) is 0 Å². The van der Waals surface area contributed by atoms with Crippen LogP contribution >= 0.6 is 11.6 Å². The Morgan fingerprint density at radius 3 is 2.12 bits per heavy atom. The van der Waals surface area contributed by atoms with E-state index >= 15 is 0 Å². The smallest absolute Gasteiger partial charge is 0.269 e. The largest absolute Gasteiger partial charge is 0.548 e. The third-order valence-corrected chi connectivity index (χ3v) is 3.74. The molecule has 1 amide bonds. The first-order chi connectivity index (χ1) is 11.8. The van der Waals surface area contributed by atoms with E-state index in [9.17, 15) is 24.8 Å². The van der Waals surface area contributed by atoms with E-state index in [1.807, 2.05) is 0 Å². The molecular weight excluding hydrogens is 348 g/mol. The van der Waals surface area contributed by atoms with Crippen LogP contribution < -0.4 is 10.4 Å². The number of amides is 1. The minimum absolute atomic E-state index is 0.0610. The fraction of sp³-hybridized carbons (Fsp3) is 0.176. The van der Waals surface area contributed by atoms with Gasteiger partial charge in [-0.3, -0.25) is 14.9 Å². The Hall–Kier alpha value is -2.93. The van der Waals surface area contributed by atoms with E-state index in [2.05, 4.69) is 5.32 Å². The van der Waals surface area contributed by atoms with Crippen molar-refractivity contribution in [1.29, 1.82) is 0 Å². The van der Waals surface area contributed by atoms with Crippen molar-refractivity contribution >= 4 is 29.2 Å². The van der Waals surface area contributed by atoms with Crippen LogP contribution in [0, 0.1) is 10.1 Å². The number of carbonyl (C=O) groups is 2. The molecule has 130 valence electrons. The molecule has 2 rings (SSSR count). The zero-order valence-electron chi connectivity index (χ0n) is 13.0. The number of benzene rings is 2. The fourth-order valence-electron chi connectivity index (χ4n) is 2.22. The van der Waals surface area contributed by atoms with Gasteiger partial charge >= 0.3 is 0 Å².